The highest BCUT2D eigenvalue weighted by Crippen LogP contribution is 2.34. The van der Waals surface area contributed by atoms with Gasteiger partial charge in [-0.15, -0.1) is 0 Å². The van der Waals surface area contributed by atoms with Crippen LogP contribution < -0.4 is 16.6 Å². The maximum atomic E-state index is 10.7. The van der Waals surface area contributed by atoms with Gasteiger partial charge >= 0.3 is 13.6 Å². The fourth-order valence-electron chi connectivity index (χ4n) is 0.441. The third-order valence-electron chi connectivity index (χ3n) is 0.955. The molecule has 0 rings (SSSR count). The lowest BCUT2D eigenvalue weighted by Gasteiger charge is -2.05. The molecule has 0 spiro atoms. The SMILES string of the molecule is NC(=O)NNC(=O)CCP(=O)(O)O. The molecule has 13 heavy (non-hydrogen) atoms. The Kier molecular flexibility index (Phi) is 4.39. The van der Waals surface area contributed by atoms with Gasteiger partial charge in [0.05, 0.1) is 6.16 Å². The summed E-state index contributed by atoms with van der Waals surface area (Å²) in [6.07, 6.45) is -0.955. The summed E-state index contributed by atoms with van der Waals surface area (Å²) in [5, 5.41) is 0. The van der Waals surface area contributed by atoms with Crippen LogP contribution >= 0.6 is 7.60 Å². The first-order valence-corrected chi connectivity index (χ1v) is 5.00. The topological polar surface area (TPSA) is 142 Å². The number of carbonyl (C=O) groups is 2. The maximum Gasteiger partial charge on any atom is 0.330 e. The summed E-state index contributed by atoms with van der Waals surface area (Å²) in [7, 11) is -4.17. The summed E-state index contributed by atoms with van der Waals surface area (Å²) >= 11 is 0. The zero-order valence-electron chi connectivity index (χ0n) is 6.56. The molecule has 76 valence electrons. The molecule has 0 aliphatic heterocycles. The summed E-state index contributed by atoms with van der Waals surface area (Å²) in [5.74, 6) is -0.720. The van der Waals surface area contributed by atoms with Crippen molar-refractivity contribution in [3.8, 4) is 0 Å². The Balaban J connectivity index is 3.65. The molecule has 0 bridgehead atoms. The minimum absolute atomic E-state index is 0.384. The zero-order valence-corrected chi connectivity index (χ0v) is 7.45. The van der Waals surface area contributed by atoms with Gasteiger partial charge in [0.2, 0.25) is 5.91 Å². The monoisotopic (exact) mass is 211 g/mol. The van der Waals surface area contributed by atoms with Crippen molar-refractivity contribution in [2.75, 3.05) is 6.16 Å². The van der Waals surface area contributed by atoms with Gasteiger partial charge in [-0.05, 0) is 0 Å². The van der Waals surface area contributed by atoms with Gasteiger partial charge in [-0.25, -0.2) is 10.2 Å². The van der Waals surface area contributed by atoms with E-state index in [-0.39, 0.29) is 6.42 Å². The summed E-state index contributed by atoms with van der Waals surface area (Å²) in [6, 6.07) is -0.954. The van der Waals surface area contributed by atoms with Crippen LogP contribution in [-0.2, 0) is 9.36 Å². The number of amides is 3. The van der Waals surface area contributed by atoms with Crippen molar-refractivity contribution >= 4 is 19.5 Å². The lowest BCUT2D eigenvalue weighted by molar-refractivity contribution is -0.121. The predicted molar refractivity (Wildman–Crippen MR) is 42.4 cm³/mol. The van der Waals surface area contributed by atoms with Gasteiger partial charge in [-0.1, -0.05) is 0 Å². The summed E-state index contributed by atoms with van der Waals surface area (Å²) < 4.78 is 10.3. The maximum absolute atomic E-state index is 10.7. The van der Waals surface area contributed by atoms with Crippen LogP contribution in [0.4, 0.5) is 4.79 Å². The van der Waals surface area contributed by atoms with Gasteiger partial charge in [0.1, 0.15) is 0 Å². The first kappa shape index (κ1) is 11.9. The van der Waals surface area contributed by atoms with Crippen LogP contribution in [0.25, 0.3) is 0 Å². The summed E-state index contributed by atoms with van der Waals surface area (Å²) in [4.78, 5) is 37.4. The van der Waals surface area contributed by atoms with Crippen LogP contribution in [0, 0.1) is 0 Å². The second-order valence-corrected chi connectivity index (χ2v) is 3.95. The number of primary amides is 1. The second-order valence-electron chi connectivity index (χ2n) is 2.18. The molecule has 0 atom stereocenters. The quantitative estimate of drug-likeness (QED) is 0.278. The van der Waals surface area contributed by atoms with Crippen molar-refractivity contribution in [1.29, 1.82) is 0 Å². The molecular formula is C4H10N3O5P. The molecule has 0 fully saturated rings. The highest BCUT2D eigenvalue weighted by molar-refractivity contribution is 7.51. The second kappa shape index (κ2) is 4.80. The van der Waals surface area contributed by atoms with Crippen molar-refractivity contribution in [3.05, 3.63) is 0 Å². The van der Waals surface area contributed by atoms with Crippen LogP contribution in [-0.4, -0.2) is 27.9 Å². The molecule has 9 heteroatoms. The fraction of sp³-hybridized carbons (Fsp3) is 0.500. The Labute approximate surface area is 73.6 Å². The van der Waals surface area contributed by atoms with Gasteiger partial charge in [-0.3, -0.25) is 14.8 Å². The van der Waals surface area contributed by atoms with Gasteiger partial charge in [0, 0.05) is 6.42 Å². The minimum atomic E-state index is -4.17. The van der Waals surface area contributed by atoms with Gasteiger partial charge < -0.3 is 15.5 Å². The molecule has 0 aromatic carbocycles. The molecule has 0 aliphatic carbocycles. The van der Waals surface area contributed by atoms with Gasteiger partial charge in [0.25, 0.3) is 0 Å². The highest BCUT2D eigenvalue weighted by atomic mass is 31.2. The zero-order chi connectivity index (χ0) is 10.5. The molecule has 0 heterocycles. The Hall–Kier alpha value is -1.11. The summed E-state index contributed by atoms with van der Waals surface area (Å²) in [5.41, 5.74) is 8.22. The highest BCUT2D eigenvalue weighted by Gasteiger charge is 2.15. The van der Waals surface area contributed by atoms with E-state index >= 15 is 0 Å². The number of urea groups is 1. The standard InChI is InChI=1S/C4H10N3O5P/c5-4(9)7-6-3(8)1-2-13(10,11)12/h1-2H2,(H,6,8)(H3,5,7,9)(H2,10,11,12). The molecule has 0 unspecified atom stereocenters. The molecule has 0 saturated heterocycles. The Morgan fingerprint density at radius 1 is 1.31 bits per heavy atom. The molecule has 0 aromatic heterocycles. The number of nitrogens with one attached hydrogen (secondary N) is 2. The molecule has 0 saturated carbocycles. The van der Waals surface area contributed by atoms with Crippen molar-refractivity contribution in [2.24, 2.45) is 5.73 Å². The molecule has 0 radical (unpaired) electrons. The fourth-order valence-corrected chi connectivity index (χ4v) is 0.935. The van der Waals surface area contributed by atoms with Gasteiger partial charge in [0.15, 0.2) is 0 Å². The molecule has 0 aromatic rings. The Bertz CT molecular complexity index is 248. The Morgan fingerprint density at radius 2 is 1.85 bits per heavy atom. The average molecular weight is 211 g/mol. The van der Waals surface area contributed by atoms with Crippen LogP contribution in [0.1, 0.15) is 6.42 Å². The van der Waals surface area contributed by atoms with Gasteiger partial charge in [-0.2, -0.15) is 0 Å². The molecule has 8 nitrogen and oxygen atoms in total. The third-order valence-corrected chi connectivity index (χ3v) is 1.76. The van der Waals surface area contributed by atoms with E-state index < -0.39 is 25.7 Å². The van der Waals surface area contributed by atoms with Crippen molar-refractivity contribution in [1.82, 2.24) is 10.9 Å². The number of nitrogens with two attached hydrogens (primary N) is 1. The lowest BCUT2D eigenvalue weighted by Crippen LogP contribution is -2.44. The van der Waals surface area contributed by atoms with E-state index in [9.17, 15) is 14.2 Å². The Morgan fingerprint density at radius 3 is 2.23 bits per heavy atom. The molecule has 3 amide bonds. The normalized spacial score (nSPS) is 10.6. The van der Waals surface area contributed by atoms with E-state index in [1.807, 2.05) is 5.43 Å². The number of hydrogen-bond donors (Lipinski definition) is 5. The van der Waals surface area contributed by atoms with E-state index in [1.165, 1.54) is 0 Å². The van der Waals surface area contributed by atoms with Crippen LogP contribution in [0.3, 0.4) is 0 Å². The first-order chi connectivity index (χ1) is 5.81. The van der Waals surface area contributed by atoms with E-state index in [2.05, 4.69) is 5.73 Å². The lowest BCUT2D eigenvalue weighted by atomic mass is 10.5. The smallest absolute Gasteiger partial charge is 0.330 e. The van der Waals surface area contributed by atoms with E-state index in [1.54, 1.807) is 5.43 Å². The van der Waals surface area contributed by atoms with Crippen LogP contribution in [0.5, 0.6) is 0 Å². The van der Waals surface area contributed by atoms with E-state index in [4.69, 9.17) is 9.79 Å². The number of carbonyl (C=O) groups excluding carboxylic acids is 2. The molecule has 6 N–H and O–H groups in total. The first-order valence-electron chi connectivity index (χ1n) is 3.20. The predicted octanol–water partition coefficient (Wildman–Crippen LogP) is -1.75. The van der Waals surface area contributed by atoms with Crippen LogP contribution in [0.2, 0.25) is 0 Å². The summed E-state index contributed by atoms with van der Waals surface area (Å²) in [6.45, 7) is 0. The number of rotatable bonds is 3. The van der Waals surface area contributed by atoms with E-state index in [0.717, 1.165) is 0 Å². The van der Waals surface area contributed by atoms with Crippen LogP contribution in [0.15, 0.2) is 0 Å². The number of hydrogen-bond acceptors (Lipinski definition) is 3. The largest absolute Gasteiger partial charge is 0.350 e. The van der Waals surface area contributed by atoms with E-state index in [0.29, 0.717) is 0 Å². The molecule has 0 aliphatic rings. The number of hydrazine groups is 1. The minimum Gasteiger partial charge on any atom is -0.350 e. The van der Waals surface area contributed by atoms with Crippen molar-refractivity contribution in [2.45, 2.75) is 6.42 Å². The molecular weight excluding hydrogens is 201 g/mol. The van der Waals surface area contributed by atoms with Crippen molar-refractivity contribution < 1.29 is 23.9 Å². The third kappa shape index (κ3) is 8.80. The average Bonchev–Trinajstić information content (AvgIpc) is 1.95. The van der Waals surface area contributed by atoms with Crippen molar-refractivity contribution in [3.63, 3.8) is 0 Å².